The molecule has 0 aromatic heterocycles. The van der Waals surface area contributed by atoms with Crippen LogP contribution < -0.4 is 0 Å². The van der Waals surface area contributed by atoms with E-state index in [0.29, 0.717) is 32.6 Å². The molecule has 0 aliphatic carbocycles. The summed E-state index contributed by atoms with van der Waals surface area (Å²) in [4.78, 5) is 4.56. The first-order valence-electron chi connectivity index (χ1n) is 14.3. The van der Waals surface area contributed by atoms with E-state index in [1.54, 1.807) is 0 Å². The fourth-order valence-electron chi connectivity index (χ4n) is 5.84. The summed E-state index contributed by atoms with van der Waals surface area (Å²) in [6, 6.07) is 35.5. The lowest BCUT2D eigenvalue weighted by molar-refractivity contribution is -0.0408. The Labute approximate surface area is 242 Å². The normalized spacial score (nSPS) is 22.0. The van der Waals surface area contributed by atoms with Gasteiger partial charge in [-0.05, 0) is 46.2 Å². The van der Waals surface area contributed by atoms with Gasteiger partial charge in [0.25, 0.3) is 0 Å². The summed E-state index contributed by atoms with van der Waals surface area (Å²) in [6.45, 7) is 1.72. The van der Waals surface area contributed by atoms with Gasteiger partial charge in [0.2, 0.25) is 0 Å². The van der Waals surface area contributed by atoms with Crippen LogP contribution in [0.4, 0.5) is 0 Å². The third kappa shape index (κ3) is 7.49. The van der Waals surface area contributed by atoms with E-state index >= 15 is 0 Å². The molecule has 1 heterocycles. The number of hydrogen-bond donors (Lipinski definition) is 4. The van der Waals surface area contributed by atoms with E-state index in [9.17, 15) is 20.4 Å². The van der Waals surface area contributed by atoms with E-state index in [4.69, 9.17) is 0 Å². The number of rotatable bonds is 10. The first-order chi connectivity index (χ1) is 20.0. The van der Waals surface area contributed by atoms with Crippen molar-refractivity contribution in [2.45, 2.75) is 63.4 Å². The van der Waals surface area contributed by atoms with Crippen molar-refractivity contribution in [2.24, 2.45) is 0 Å². The molecule has 4 N–H and O–H groups in total. The average molecular weight is 553 g/mol. The summed E-state index contributed by atoms with van der Waals surface area (Å²) in [7, 11) is 0. The molecule has 4 atom stereocenters. The van der Waals surface area contributed by atoms with Crippen molar-refractivity contribution in [1.82, 2.24) is 9.80 Å². The predicted molar refractivity (Wildman–Crippen MR) is 161 cm³/mol. The molecule has 1 aliphatic rings. The molecule has 1 saturated heterocycles. The number of benzene rings is 4. The van der Waals surface area contributed by atoms with Gasteiger partial charge in [-0.1, -0.05) is 109 Å². The molecule has 5 rings (SSSR count). The molecule has 6 nitrogen and oxygen atoms in total. The Hall–Kier alpha value is -3.36. The fourth-order valence-corrected chi connectivity index (χ4v) is 5.84. The first-order valence-corrected chi connectivity index (χ1v) is 14.3. The van der Waals surface area contributed by atoms with E-state index in [2.05, 4.69) is 34.1 Å². The van der Waals surface area contributed by atoms with E-state index in [-0.39, 0.29) is 25.3 Å². The Morgan fingerprint density at radius 1 is 0.463 bits per heavy atom. The Morgan fingerprint density at radius 2 is 0.805 bits per heavy atom. The topological polar surface area (TPSA) is 87.4 Å². The van der Waals surface area contributed by atoms with Crippen LogP contribution in [0.3, 0.4) is 0 Å². The Morgan fingerprint density at radius 3 is 1.15 bits per heavy atom. The van der Waals surface area contributed by atoms with Crippen LogP contribution in [0.15, 0.2) is 109 Å². The van der Waals surface area contributed by atoms with Crippen molar-refractivity contribution in [3.63, 3.8) is 0 Å². The zero-order valence-electron chi connectivity index (χ0n) is 23.3. The monoisotopic (exact) mass is 552 g/mol. The van der Waals surface area contributed by atoms with E-state index in [0.717, 1.165) is 33.4 Å². The van der Waals surface area contributed by atoms with Gasteiger partial charge in [-0.3, -0.25) is 9.80 Å². The van der Waals surface area contributed by atoms with Crippen molar-refractivity contribution >= 4 is 0 Å². The zero-order chi connectivity index (χ0) is 28.6. The molecule has 0 amide bonds. The molecule has 4 unspecified atom stereocenters. The number of nitrogens with zero attached hydrogens (tertiary/aromatic N) is 2. The van der Waals surface area contributed by atoms with Crippen molar-refractivity contribution in [3.8, 4) is 0 Å². The molecule has 1 fully saturated rings. The molecule has 0 spiro atoms. The zero-order valence-corrected chi connectivity index (χ0v) is 23.3. The highest BCUT2D eigenvalue weighted by atomic mass is 16.3. The second-order valence-electron chi connectivity index (χ2n) is 11.1. The van der Waals surface area contributed by atoms with Crippen LogP contribution in [0.1, 0.15) is 33.4 Å². The lowest BCUT2D eigenvalue weighted by Crippen LogP contribution is -2.50. The second kappa shape index (κ2) is 14.0. The molecule has 0 saturated carbocycles. The molecule has 0 bridgehead atoms. The number of aliphatic hydroxyl groups is 4. The van der Waals surface area contributed by atoms with Gasteiger partial charge in [0.05, 0.1) is 32.1 Å². The van der Waals surface area contributed by atoms with Crippen molar-refractivity contribution < 1.29 is 20.4 Å². The largest absolute Gasteiger partial charge is 0.392 e. The van der Waals surface area contributed by atoms with E-state index in [1.165, 1.54) is 0 Å². The van der Waals surface area contributed by atoms with Crippen LogP contribution in [-0.2, 0) is 39.1 Å². The highest BCUT2D eigenvalue weighted by Crippen LogP contribution is 2.28. The quantitative estimate of drug-likeness (QED) is 0.239. The maximum absolute atomic E-state index is 11.8. The molecule has 214 valence electrons. The van der Waals surface area contributed by atoms with Gasteiger partial charge >= 0.3 is 0 Å². The Bertz CT molecular complexity index is 1230. The smallest absolute Gasteiger partial charge is 0.0973 e. The molecular weight excluding hydrogens is 512 g/mol. The second-order valence-corrected chi connectivity index (χ2v) is 11.1. The Kier molecular flexibility index (Phi) is 9.96. The molecule has 41 heavy (non-hydrogen) atoms. The molecule has 0 radical (unpaired) electrons. The van der Waals surface area contributed by atoms with Gasteiger partial charge in [0.1, 0.15) is 0 Å². The van der Waals surface area contributed by atoms with Gasteiger partial charge in [0, 0.05) is 25.2 Å². The molecule has 4 aromatic rings. The summed E-state index contributed by atoms with van der Waals surface area (Å²) >= 11 is 0. The minimum atomic E-state index is -0.970. The lowest BCUT2D eigenvalue weighted by atomic mass is 9.91. The van der Waals surface area contributed by atoms with E-state index < -0.39 is 12.2 Å². The van der Waals surface area contributed by atoms with Crippen molar-refractivity contribution in [3.05, 3.63) is 143 Å². The molecule has 6 heteroatoms. The van der Waals surface area contributed by atoms with Gasteiger partial charge in [-0.2, -0.15) is 0 Å². The van der Waals surface area contributed by atoms with Crippen LogP contribution in [0, 0.1) is 0 Å². The molecular formula is C35H40N2O4. The maximum Gasteiger partial charge on any atom is 0.0973 e. The summed E-state index contributed by atoms with van der Waals surface area (Å²) in [6.07, 6.45) is -0.736. The number of hydrogen-bond acceptors (Lipinski definition) is 6. The highest BCUT2D eigenvalue weighted by molar-refractivity contribution is 5.25. The molecule has 1 aliphatic heterocycles. The van der Waals surface area contributed by atoms with Gasteiger partial charge in [-0.25, -0.2) is 0 Å². The fraction of sp³-hybridized carbons (Fsp3) is 0.314. The summed E-state index contributed by atoms with van der Waals surface area (Å²) in [5.41, 5.74) is 6.09. The third-order valence-corrected chi connectivity index (χ3v) is 8.20. The summed E-state index contributed by atoms with van der Waals surface area (Å²) < 4.78 is 0. The third-order valence-electron chi connectivity index (χ3n) is 8.20. The maximum atomic E-state index is 11.8. The lowest BCUT2D eigenvalue weighted by Gasteiger charge is -2.35. The van der Waals surface area contributed by atoms with Crippen molar-refractivity contribution in [1.29, 1.82) is 0 Å². The van der Waals surface area contributed by atoms with Gasteiger partial charge in [0.15, 0.2) is 0 Å². The average Bonchev–Trinajstić information content (AvgIpc) is 3.10. The standard InChI is InChI=1S/C35H40N2O4/c38-23-30-15-11-28(12-16-30)21-36-25-37(22-29-13-17-31(24-39)18-14-29)33(20-27-9-5-2-6-10-27)35(41)34(40)32(36)19-26-7-3-1-4-8-26/h1-18,32-35,38-41H,19-25H2. The summed E-state index contributed by atoms with van der Waals surface area (Å²) in [5.74, 6) is 0. The minimum absolute atomic E-state index is 0.00442. The SMILES string of the molecule is OCc1ccc(CN2CN(Cc3ccc(CO)cc3)C(Cc3ccccc3)C(O)C(O)C2Cc2ccccc2)cc1. The Balaban J connectivity index is 1.51. The van der Waals surface area contributed by atoms with Crippen LogP contribution in [0.5, 0.6) is 0 Å². The highest BCUT2D eigenvalue weighted by Gasteiger charge is 2.42. The summed E-state index contributed by atoms with van der Waals surface area (Å²) in [5, 5.41) is 42.7. The van der Waals surface area contributed by atoms with Gasteiger partial charge in [-0.15, -0.1) is 0 Å². The first kappa shape index (κ1) is 29.1. The van der Waals surface area contributed by atoms with Gasteiger partial charge < -0.3 is 20.4 Å². The van der Waals surface area contributed by atoms with Crippen LogP contribution in [0.25, 0.3) is 0 Å². The van der Waals surface area contributed by atoms with Crippen LogP contribution in [-0.4, -0.2) is 61.2 Å². The van der Waals surface area contributed by atoms with Crippen LogP contribution >= 0.6 is 0 Å². The van der Waals surface area contributed by atoms with Crippen molar-refractivity contribution in [2.75, 3.05) is 6.67 Å². The molecule has 4 aromatic carbocycles. The number of aliphatic hydroxyl groups excluding tert-OH is 4. The van der Waals surface area contributed by atoms with E-state index in [1.807, 2.05) is 84.9 Å². The predicted octanol–water partition coefficient (Wildman–Crippen LogP) is 3.89. The van der Waals surface area contributed by atoms with Crippen LogP contribution in [0.2, 0.25) is 0 Å². The minimum Gasteiger partial charge on any atom is -0.392 e.